The van der Waals surface area contributed by atoms with Gasteiger partial charge in [-0.3, -0.25) is 0 Å². The summed E-state index contributed by atoms with van der Waals surface area (Å²) in [6.07, 6.45) is 68.6. The molecule has 0 aromatic heterocycles. The van der Waals surface area contributed by atoms with Gasteiger partial charge in [0.05, 0.1) is 0 Å². The average Bonchev–Trinajstić information content (AvgIpc) is 1.57. The molecule has 0 N–H and O–H groups in total. The first-order valence-corrected chi connectivity index (χ1v) is 113. The molecular formula is C130H230Cl8Si8Zr4. The van der Waals surface area contributed by atoms with Crippen LogP contribution in [-0.2, 0) is 94.2 Å². The second-order valence-corrected chi connectivity index (χ2v) is 135. The van der Waals surface area contributed by atoms with E-state index >= 15 is 0 Å². The van der Waals surface area contributed by atoms with Crippen molar-refractivity contribution in [1.29, 1.82) is 0 Å². The van der Waals surface area contributed by atoms with E-state index in [4.69, 9.17) is 68.1 Å². The van der Waals surface area contributed by atoms with Crippen molar-refractivity contribution in [3.63, 3.8) is 0 Å². The van der Waals surface area contributed by atoms with Crippen molar-refractivity contribution >= 4 is 129 Å². The Balaban J connectivity index is 0.000000642. The van der Waals surface area contributed by atoms with E-state index in [1.807, 2.05) is 0 Å². The van der Waals surface area contributed by atoms with Gasteiger partial charge in [-0.05, 0) is 258 Å². The van der Waals surface area contributed by atoms with E-state index < -0.39 is 144 Å². The normalized spacial score (nSPS) is 30.4. The molecule has 4 aromatic carbocycles. The van der Waals surface area contributed by atoms with Gasteiger partial charge in [0.2, 0.25) is 0 Å². The van der Waals surface area contributed by atoms with E-state index in [0.29, 0.717) is 0 Å². The second kappa shape index (κ2) is 68.6. The molecular weight excluding hydrogens is 2430 g/mol. The Morgan fingerprint density at radius 3 is 1.05 bits per heavy atom. The van der Waals surface area contributed by atoms with Crippen LogP contribution in [0.3, 0.4) is 0 Å². The third-order valence-electron chi connectivity index (χ3n) is 45.6. The molecule has 0 heterocycles. The summed E-state index contributed by atoms with van der Waals surface area (Å²) in [4.78, 5) is 0. The molecule has 0 saturated heterocycles. The predicted molar refractivity (Wildman–Crippen MR) is 697 cm³/mol. The fourth-order valence-corrected chi connectivity index (χ4v) is 92.1. The van der Waals surface area contributed by atoms with Crippen LogP contribution in [0.2, 0.25) is 149 Å². The van der Waals surface area contributed by atoms with Gasteiger partial charge in [-0.1, -0.05) is 501 Å². The molecule has 12 saturated carbocycles. The molecule has 13 aliphatic rings. The topological polar surface area (TPSA) is 0 Å². The molecule has 854 valence electrons. The van der Waals surface area contributed by atoms with Gasteiger partial charge in [-0.2, -0.15) is 0 Å². The van der Waals surface area contributed by atoms with E-state index in [1.54, 1.807) is 131 Å². The SMILES string of the molecule is CC1CCC([Si](C)(C)[Si](C)(C)C2CCC3C(c4cc(C(C)(C)C)cc(C(C)(C)C)c4)CCCC32)C1.CCCCC1CCC([Si](C)(C)[Si](C)(C)C2C(C)CC3C(c4ccccc4)CCCC32)C1.CCCCC1CCC([Si](C)(C)[Si](C)(C)C2CCC3C(c4ccccc4-c4ccccc4)CCCC32)C1.CCCCC1CCC([Si](C)(C)[Si](C)(C)C2CCC3C4C=CC=CC4CCC32)C1.[CH3-].[CH3-].[CH3-].[CH3-].[CH3-].[CH3-].[CH3-].[CH3-].[Cl][Zr+2][Cl].[Cl][Zr+2][Cl].[Cl][Zr+2][Cl].[Cl][Zr+2][Cl]. The molecule has 12 fully saturated rings. The number of unbranched alkanes of at least 4 members (excludes halogenated alkanes) is 3. The zero-order valence-corrected chi connectivity index (χ0v) is 127. The van der Waals surface area contributed by atoms with Crippen LogP contribution < -0.4 is 0 Å². The van der Waals surface area contributed by atoms with Gasteiger partial charge < -0.3 is 59.4 Å². The van der Waals surface area contributed by atoms with Gasteiger partial charge in [0.1, 0.15) is 0 Å². The van der Waals surface area contributed by atoms with Crippen molar-refractivity contribution in [1.82, 2.24) is 0 Å². The van der Waals surface area contributed by atoms with Crippen molar-refractivity contribution in [2.75, 3.05) is 0 Å². The van der Waals surface area contributed by atoms with Gasteiger partial charge >= 0.3 is 151 Å². The molecule has 26 atom stereocenters. The van der Waals surface area contributed by atoms with Crippen LogP contribution in [0.1, 0.15) is 372 Å². The van der Waals surface area contributed by atoms with Crippen LogP contribution in [-0.4, -0.2) is 60.7 Å². The van der Waals surface area contributed by atoms with Gasteiger partial charge in [0.25, 0.3) is 0 Å². The second-order valence-electron chi connectivity index (χ2n) is 55.7. The van der Waals surface area contributed by atoms with Crippen LogP contribution in [0, 0.1) is 148 Å². The first-order valence-electron chi connectivity index (χ1n) is 58.7. The standard InChI is InChI=1S/C34H52Si2.C33H58Si2.C29H50Si2.C26H46Si2.8CH3.8ClH.4Zr/c1-6-7-14-26-21-22-28(25-26)35(2,3)36(4,5)34-24-23-32-31(19-13-20-33(32)34)30-18-12-11-17-29(30)27-15-9-8-10-16-27;1-23-15-16-27(19-23)34(8,9)35(10,11)31-18-17-29-28(13-12-14-30(29)31)24-20-25(32(2,3)4)22-26(21-24)33(5,6)7;1-7-8-13-23-18-19-25(21-23)30(3,4)31(5,6)29-22(2)20-28-26(16-12-17-27(28)29)24-14-10-9-11-15-24;1-6-7-10-20-13-15-22(19-20)27(2,3)28(4,5)26-18-17-24-23-12-9-8-11-21(23)14-16-25(24)26;;;;;;;;;;;;;;;;;;;;/h8-12,15-18,26,28,31-34H,6-7,13-14,19-25H2,1-5H3;20-23,27-31H,12-19H2,1-11H3;9-11,14-15,22-23,25-29H,7-8,12-13,16-21H2,1-6H3;8-9,11-12,20-26H,6-7,10,13-19H2,1-5H3;8*1H3;8*1H;;;;/q;;;;8*-1;;;;;;;;;4*+4/p-8. The van der Waals surface area contributed by atoms with E-state index in [0.717, 1.165) is 151 Å². The summed E-state index contributed by atoms with van der Waals surface area (Å²) in [5, 5.41) is 0. The van der Waals surface area contributed by atoms with Crippen LogP contribution in [0.4, 0.5) is 0 Å². The van der Waals surface area contributed by atoms with Gasteiger partial charge in [0, 0.05) is 60.7 Å². The zero-order chi connectivity index (χ0) is 104. The van der Waals surface area contributed by atoms with Gasteiger partial charge in [-0.15, -0.1) is 0 Å². The molecule has 0 spiro atoms. The Kier molecular flexibility index (Phi) is 68.6. The zero-order valence-electron chi connectivity index (χ0n) is 103. The monoisotopic (exact) mass is 2650 g/mol. The van der Waals surface area contributed by atoms with Crippen molar-refractivity contribution < 1.29 is 83.4 Å². The summed E-state index contributed by atoms with van der Waals surface area (Å²) < 4.78 is 0. The third-order valence-corrected chi connectivity index (χ3v) is 129. The summed E-state index contributed by atoms with van der Waals surface area (Å²) >= 11 is -3.30. The maximum atomic E-state index is 4.93. The number of benzene rings is 4. The molecule has 0 radical (unpaired) electrons. The van der Waals surface area contributed by atoms with Crippen LogP contribution in [0.25, 0.3) is 11.1 Å². The van der Waals surface area contributed by atoms with Gasteiger partial charge in [0.15, 0.2) is 0 Å². The molecule has 150 heavy (non-hydrogen) atoms. The molecule has 20 heteroatoms. The Bertz CT molecular complexity index is 4380. The van der Waals surface area contributed by atoms with Crippen molar-refractivity contribution in [2.24, 2.45) is 88.8 Å². The number of hydrogen-bond donors (Lipinski definition) is 0. The van der Waals surface area contributed by atoms with E-state index in [9.17, 15) is 0 Å². The summed E-state index contributed by atoms with van der Waals surface area (Å²) in [6.45, 7) is 72.6. The van der Waals surface area contributed by atoms with E-state index in [1.165, 1.54) is 159 Å². The molecule has 17 rings (SSSR count). The van der Waals surface area contributed by atoms with Crippen LogP contribution >= 0.6 is 68.1 Å². The fraction of sp³-hybridized carbons (Fsp3) is 0.723. The first-order chi connectivity index (χ1) is 67.2. The third kappa shape index (κ3) is 36.5. The molecule has 0 aliphatic heterocycles. The van der Waals surface area contributed by atoms with E-state index in [-0.39, 0.29) is 70.2 Å². The summed E-state index contributed by atoms with van der Waals surface area (Å²) in [7, 11) is 29.6. The van der Waals surface area contributed by atoms with Gasteiger partial charge in [-0.25, -0.2) is 0 Å². The number of halogens is 8. The van der Waals surface area contributed by atoms with Crippen molar-refractivity contribution in [3.8, 4) is 11.1 Å². The van der Waals surface area contributed by atoms with E-state index in [2.05, 4.69) is 308 Å². The summed E-state index contributed by atoms with van der Waals surface area (Å²) in [6, 6.07) is 40.0. The van der Waals surface area contributed by atoms with Crippen LogP contribution in [0.5, 0.6) is 0 Å². The summed E-state index contributed by atoms with van der Waals surface area (Å²) in [5.74, 6) is 17.2. The quantitative estimate of drug-likeness (QED) is 0.0458. The molecule has 0 bridgehead atoms. The fourth-order valence-electron chi connectivity index (χ4n) is 35.0. The summed E-state index contributed by atoms with van der Waals surface area (Å²) in [5.41, 5.74) is 20.3. The van der Waals surface area contributed by atoms with Crippen molar-refractivity contribution in [3.05, 3.63) is 215 Å². The Labute approximate surface area is 1020 Å². The number of hydrogen-bond acceptors (Lipinski definition) is 0. The van der Waals surface area contributed by atoms with Crippen LogP contribution in [0.15, 0.2) is 127 Å². The molecule has 0 amide bonds. The molecule has 13 aliphatic carbocycles. The first kappa shape index (κ1) is 150. The van der Waals surface area contributed by atoms with Crippen molar-refractivity contribution in [2.45, 2.75) is 504 Å². The molecule has 0 nitrogen and oxygen atoms in total. The Hall–Kier alpha value is 3.95. The molecule has 26 unspecified atom stereocenters. The number of rotatable bonds is 25. The molecule has 4 aromatic rings. The number of allylic oxidation sites excluding steroid dienone is 4. The number of fused-ring (bicyclic) bond motifs is 6. The maximum absolute atomic E-state index is 4.93. The Morgan fingerprint density at radius 2 is 0.640 bits per heavy atom. The average molecular weight is 2670 g/mol. The Morgan fingerprint density at radius 1 is 0.300 bits per heavy atom. The predicted octanol–water partition coefficient (Wildman–Crippen LogP) is 48.5. The minimum absolute atomic E-state index is 0. The minimum atomic E-state index is -1.30.